The highest BCUT2D eigenvalue weighted by Gasteiger charge is 2.21. The van der Waals surface area contributed by atoms with E-state index in [1.165, 1.54) is 0 Å². The van der Waals surface area contributed by atoms with Crippen LogP contribution in [-0.4, -0.2) is 29.7 Å². The predicted molar refractivity (Wildman–Crippen MR) is 78.2 cm³/mol. The lowest BCUT2D eigenvalue weighted by Gasteiger charge is -2.25. The molecule has 0 fully saturated rings. The smallest absolute Gasteiger partial charge is 0.238 e. The summed E-state index contributed by atoms with van der Waals surface area (Å²) >= 11 is 0. The summed E-state index contributed by atoms with van der Waals surface area (Å²) in [5.74, 6) is -0.0987. The monoisotopic (exact) mass is 264 g/mol. The van der Waals surface area contributed by atoms with Crippen molar-refractivity contribution in [2.24, 2.45) is 0 Å². The summed E-state index contributed by atoms with van der Waals surface area (Å²) in [5.41, 5.74) is 1.23. The number of hydrogen-bond donors (Lipinski definition) is 3. The second-order valence-electron chi connectivity index (χ2n) is 4.95. The fraction of sp³-hybridized carbons (Fsp3) is 0.533. The molecule has 0 aliphatic heterocycles. The number of carbonyl (C=O) groups excluding carboxylic acids is 1. The largest absolute Gasteiger partial charge is 0.389 e. The molecule has 0 radical (unpaired) electrons. The SMILES string of the molecule is CCC(O)(CC)CNCC(=O)Nc1ccc(C)cc1. The maximum Gasteiger partial charge on any atom is 0.238 e. The topological polar surface area (TPSA) is 61.4 Å². The Labute approximate surface area is 115 Å². The first-order chi connectivity index (χ1) is 8.99. The van der Waals surface area contributed by atoms with Gasteiger partial charge in [-0.15, -0.1) is 0 Å². The van der Waals surface area contributed by atoms with Crippen LogP contribution in [0.1, 0.15) is 32.3 Å². The Balaban J connectivity index is 2.34. The zero-order valence-corrected chi connectivity index (χ0v) is 12.0. The van der Waals surface area contributed by atoms with Gasteiger partial charge in [-0.2, -0.15) is 0 Å². The molecule has 1 aromatic rings. The number of amides is 1. The highest BCUT2D eigenvalue weighted by molar-refractivity contribution is 5.92. The van der Waals surface area contributed by atoms with Gasteiger partial charge in [0.25, 0.3) is 0 Å². The Hall–Kier alpha value is -1.39. The quantitative estimate of drug-likeness (QED) is 0.706. The third-order valence-electron chi connectivity index (χ3n) is 3.39. The van der Waals surface area contributed by atoms with Gasteiger partial charge in [-0.05, 0) is 31.9 Å². The number of carbonyl (C=O) groups is 1. The molecule has 0 saturated carbocycles. The normalized spacial score (nSPS) is 11.4. The van der Waals surface area contributed by atoms with Crippen molar-refractivity contribution in [2.75, 3.05) is 18.4 Å². The number of hydrogen-bond acceptors (Lipinski definition) is 3. The van der Waals surface area contributed by atoms with E-state index in [0.717, 1.165) is 11.3 Å². The number of rotatable bonds is 7. The van der Waals surface area contributed by atoms with Gasteiger partial charge < -0.3 is 15.7 Å². The van der Waals surface area contributed by atoms with Crippen molar-refractivity contribution in [1.82, 2.24) is 5.32 Å². The van der Waals surface area contributed by atoms with Crippen molar-refractivity contribution in [3.8, 4) is 0 Å². The molecular weight excluding hydrogens is 240 g/mol. The summed E-state index contributed by atoms with van der Waals surface area (Å²) in [6, 6.07) is 7.66. The zero-order chi connectivity index (χ0) is 14.3. The first-order valence-corrected chi connectivity index (χ1v) is 6.78. The van der Waals surface area contributed by atoms with Gasteiger partial charge in [0, 0.05) is 12.2 Å². The van der Waals surface area contributed by atoms with E-state index in [1.807, 2.05) is 45.0 Å². The van der Waals surface area contributed by atoms with Crippen LogP contribution in [0.3, 0.4) is 0 Å². The number of nitrogens with one attached hydrogen (secondary N) is 2. The van der Waals surface area contributed by atoms with E-state index in [0.29, 0.717) is 19.4 Å². The number of benzene rings is 1. The third-order valence-corrected chi connectivity index (χ3v) is 3.39. The van der Waals surface area contributed by atoms with Crippen LogP contribution in [0.2, 0.25) is 0 Å². The molecule has 1 aromatic carbocycles. The molecule has 0 spiro atoms. The molecule has 0 heterocycles. The van der Waals surface area contributed by atoms with E-state index in [4.69, 9.17) is 0 Å². The molecule has 4 nitrogen and oxygen atoms in total. The molecule has 1 amide bonds. The number of aryl methyl sites for hydroxylation is 1. The first-order valence-electron chi connectivity index (χ1n) is 6.78. The van der Waals surface area contributed by atoms with E-state index in [2.05, 4.69) is 10.6 Å². The Morgan fingerprint density at radius 2 is 1.79 bits per heavy atom. The van der Waals surface area contributed by atoms with Crippen molar-refractivity contribution in [1.29, 1.82) is 0 Å². The summed E-state index contributed by atoms with van der Waals surface area (Å²) in [6.45, 7) is 6.52. The maximum atomic E-state index is 11.7. The van der Waals surface area contributed by atoms with Gasteiger partial charge in [0.15, 0.2) is 0 Å². The van der Waals surface area contributed by atoms with E-state index in [9.17, 15) is 9.90 Å². The molecule has 0 aromatic heterocycles. The van der Waals surface area contributed by atoms with Crippen LogP contribution < -0.4 is 10.6 Å². The van der Waals surface area contributed by atoms with Crippen molar-refractivity contribution >= 4 is 11.6 Å². The highest BCUT2D eigenvalue weighted by Crippen LogP contribution is 2.12. The Kier molecular flexibility index (Phi) is 5.99. The standard InChI is InChI=1S/C15H24N2O2/c1-4-15(19,5-2)11-16-10-14(18)17-13-8-6-12(3)7-9-13/h6-9,16,19H,4-5,10-11H2,1-3H3,(H,17,18). The van der Waals surface area contributed by atoms with Gasteiger partial charge in [-0.3, -0.25) is 4.79 Å². The lowest BCUT2D eigenvalue weighted by molar-refractivity contribution is -0.115. The minimum absolute atomic E-state index is 0.0987. The van der Waals surface area contributed by atoms with E-state index in [1.54, 1.807) is 0 Å². The number of aliphatic hydroxyl groups is 1. The summed E-state index contributed by atoms with van der Waals surface area (Å²) in [4.78, 5) is 11.7. The second-order valence-corrected chi connectivity index (χ2v) is 4.95. The van der Waals surface area contributed by atoms with Gasteiger partial charge in [0.05, 0.1) is 12.1 Å². The molecular formula is C15H24N2O2. The molecule has 4 heteroatoms. The summed E-state index contributed by atoms with van der Waals surface area (Å²) in [6.07, 6.45) is 1.35. The lowest BCUT2D eigenvalue weighted by atomic mass is 9.98. The molecule has 19 heavy (non-hydrogen) atoms. The van der Waals surface area contributed by atoms with Crippen LogP contribution in [0, 0.1) is 6.92 Å². The fourth-order valence-corrected chi connectivity index (χ4v) is 1.75. The summed E-state index contributed by atoms with van der Waals surface area (Å²) in [7, 11) is 0. The molecule has 106 valence electrons. The zero-order valence-electron chi connectivity index (χ0n) is 12.0. The molecule has 1 rings (SSSR count). The van der Waals surface area contributed by atoms with Crippen molar-refractivity contribution in [3.63, 3.8) is 0 Å². The number of anilines is 1. The minimum atomic E-state index is -0.718. The third kappa shape index (κ3) is 5.41. The molecule has 0 atom stereocenters. The molecule has 3 N–H and O–H groups in total. The van der Waals surface area contributed by atoms with Gasteiger partial charge in [0.2, 0.25) is 5.91 Å². The second kappa shape index (κ2) is 7.26. The maximum absolute atomic E-state index is 11.7. The van der Waals surface area contributed by atoms with Crippen LogP contribution in [0.15, 0.2) is 24.3 Å². The molecule has 0 aliphatic rings. The summed E-state index contributed by atoms with van der Waals surface area (Å²) in [5, 5.41) is 15.9. The van der Waals surface area contributed by atoms with Crippen LogP contribution in [0.5, 0.6) is 0 Å². The molecule has 0 unspecified atom stereocenters. The van der Waals surface area contributed by atoms with E-state index < -0.39 is 5.60 Å². The van der Waals surface area contributed by atoms with Crippen LogP contribution in [-0.2, 0) is 4.79 Å². The van der Waals surface area contributed by atoms with E-state index >= 15 is 0 Å². The fourth-order valence-electron chi connectivity index (χ4n) is 1.75. The van der Waals surface area contributed by atoms with E-state index in [-0.39, 0.29) is 12.5 Å². The van der Waals surface area contributed by atoms with Crippen molar-refractivity contribution in [2.45, 2.75) is 39.2 Å². The van der Waals surface area contributed by atoms with Crippen molar-refractivity contribution < 1.29 is 9.90 Å². The Bertz CT molecular complexity index is 397. The first kappa shape index (κ1) is 15.7. The van der Waals surface area contributed by atoms with Gasteiger partial charge >= 0.3 is 0 Å². The lowest BCUT2D eigenvalue weighted by Crippen LogP contribution is -2.42. The summed E-state index contributed by atoms with van der Waals surface area (Å²) < 4.78 is 0. The van der Waals surface area contributed by atoms with Crippen LogP contribution >= 0.6 is 0 Å². The van der Waals surface area contributed by atoms with Gasteiger partial charge in [-0.25, -0.2) is 0 Å². The molecule has 0 bridgehead atoms. The van der Waals surface area contributed by atoms with Crippen LogP contribution in [0.25, 0.3) is 0 Å². The molecule has 0 saturated heterocycles. The predicted octanol–water partition coefficient (Wildman–Crippen LogP) is 2.07. The highest BCUT2D eigenvalue weighted by atomic mass is 16.3. The average molecular weight is 264 g/mol. The Morgan fingerprint density at radius 1 is 1.21 bits per heavy atom. The average Bonchev–Trinajstić information content (AvgIpc) is 2.41. The van der Waals surface area contributed by atoms with Gasteiger partial charge in [0.1, 0.15) is 0 Å². The van der Waals surface area contributed by atoms with Crippen molar-refractivity contribution in [3.05, 3.63) is 29.8 Å². The Morgan fingerprint density at radius 3 is 2.32 bits per heavy atom. The minimum Gasteiger partial charge on any atom is -0.389 e. The van der Waals surface area contributed by atoms with Gasteiger partial charge in [-0.1, -0.05) is 31.5 Å². The van der Waals surface area contributed by atoms with Crippen LogP contribution in [0.4, 0.5) is 5.69 Å². The molecule has 0 aliphatic carbocycles.